The summed E-state index contributed by atoms with van der Waals surface area (Å²) < 4.78 is 34.2. The fraction of sp³-hybridized carbons (Fsp3) is 0.667. The number of morpholine rings is 1. The van der Waals surface area contributed by atoms with E-state index in [4.69, 9.17) is 9.15 Å². The zero-order chi connectivity index (χ0) is 16.3. The fourth-order valence-electron chi connectivity index (χ4n) is 3.09. The van der Waals surface area contributed by atoms with Gasteiger partial charge in [-0.25, -0.2) is 13.2 Å². The van der Waals surface area contributed by atoms with E-state index < -0.39 is 15.4 Å². The van der Waals surface area contributed by atoms with Crippen LogP contribution in [0.25, 0.3) is 0 Å². The second-order valence-corrected chi connectivity index (χ2v) is 8.47. The van der Waals surface area contributed by atoms with Gasteiger partial charge in [0.1, 0.15) is 5.76 Å². The van der Waals surface area contributed by atoms with Crippen LogP contribution in [0.2, 0.25) is 0 Å². The average Bonchev–Trinajstić information content (AvgIpc) is 3.04. The quantitative estimate of drug-likeness (QED) is 0.878. The van der Waals surface area contributed by atoms with E-state index in [1.54, 1.807) is 11.2 Å². The van der Waals surface area contributed by atoms with Crippen molar-refractivity contribution < 1.29 is 22.4 Å². The van der Waals surface area contributed by atoms with Crippen molar-refractivity contribution in [2.45, 2.75) is 24.9 Å². The van der Waals surface area contributed by atoms with Gasteiger partial charge in [0.25, 0.3) is 0 Å². The molecular weight excluding hydrogens is 320 g/mol. The molecule has 2 saturated heterocycles. The van der Waals surface area contributed by atoms with E-state index in [9.17, 15) is 13.2 Å². The van der Waals surface area contributed by atoms with Gasteiger partial charge in [-0.05, 0) is 25.0 Å². The van der Waals surface area contributed by atoms with Gasteiger partial charge in [-0.1, -0.05) is 0 Å². The van der Waals surface area contributed by atoms with Crippen LogP contribution in [0.1, 0.15) is 18.6 Å². The van der Waals surface area contributed by atoms with Crippen molar-refractivity contribution in [1.82, 2.24) is 10.2 Å². The molecule has 0 unspecified atom stereocenters. The second-order valence-electron chi connectivity index (χ2n) is 6.17. The highest BCUT2D eigenvalue weighted by Crippen LogP contribution is 2.31. The SMILES string of the molecule is O=C(NCCc1ccco1)N1CCOC2(CCS(=O)(=O)CC2)C1. The molecule has 7 nitrogen and oxygen atoms in total. The van der Waals surface area contributed by atoms with Crippen LogP contribution in [0.15, 0.2) is 22.8 Å². The predicted molar refractivity (Wildman–Crippen MR) is 84.0 cm³/mol. The summed E-state index contributed by atoms with van der Waals surface area (Å²) in [5, 5.41) is 2.88. The molecule has 23 heavy (non-hydrogen) atoms. The summed E-state index contributed by atoms with van der Waals surface area (Å²) in [4.78, 5) is 14.0. The first kappa shape index (κ1) is 16.3. The van der Waals surface area contributed by atoms with Gasteiger partial charge in [0.2, 0.25) is 0 Å². The zero-order valence-electron chi connectivity index (χ0n) is 13.0. The van der Waals surface area contributed by atoms with E-state index in [-0.39, 0.29) is 17.5 Å². The fourth-order valence-corrected chi connectivity index (χ4v) is 4.66. The van der Waals surface area contributed by atoms with Crippen LogP contribution in [0.3, 0.4) is 0 Å². The van der Waals surface area contributed by atoms with Gasteiger partial charge in [-0.15, -0.1) is 0 Å². The maximum atomic E-state index is 12.3. The smallest absolute Gasteiger partial charge is 0.317 e. The first-order valence-corrected chi connectivity index (χ1v) is 9.70. The summed E-state index contributed by atoms with van der Waals surface area (Å²) in [5.74, 6) is 1.11. The van der Waals surface area contributed by atoms with Crippen molar-refractivity contribution in [3.8, 4) is 0 Å². The summed E-state index contributed by atoms with van der Waals surface area (Å²) in [5.41, 5.74) is -0.498. The lowest BCUT2D eigenvalue weighted by molar-refractivity contribution is -0.102. The molecule has 1 aromatic rings. The number of nitrogens with zero attached hydrogens (tertiary/aromatic N) is 1. The lowest BCUT2D eigenvalue weighted by Crippen LogP contribution is -2.58. The summed E-state index contributed by atoms with van der Waals surface area (Å²) in [6.07, 6.45) is 3.18. The molecule has 0 bridgehead atoms. The van der Waals surface area contributed by atoms with E-state index in [0.717, 1.165) is 5.76 Å². The zero-order valence-corrected chi connectivity index (χ0v) is 13.8. The molecule has 0 aliphatic carbocycles. The number of carbonyl (C=O) groups is 1. The Labute approximate surface area is 135 Å². The molecule has 0 radical (unpaired) electrons. The molecule has 1 aromatic heterocycles. The van der Waals surface area contributed by atoms with E-state index >= 15 is 0 Å². The van der Waals surface area contributed by atoms with Crippen LogP contribution in [-0.2, 0) is 21.0 Å². The minimum atomic E-state index is -2.94. The van der Waals surface area contributed by atoms with Gasteiger partial charge in [0.05, 0.1) is 36.5 Å². The molecule has 3 heterocycles. The highest BCUT2D eigenvalue weighted by Gasteiger charge is 2.42. The van der Waals surface area contributed by atoms with E-state index in [0.29, 0.717) is 45.5 Å². The maximum absolute atomic E-state index is 12.3. The monoisotopic (exact) mass is 342 g/mol. The lowest BCUT2D eigenvalue weighted by Gasteiger charge is -2.44. The van der Waals surface area contributed by atoms with Crippen LogP contribution >= 0.6 is 0 Å². The lowest BCUT2D eigenvalue weighted by atomic mass is 9.94. The Morgan fingerprint density at radius 2 is 2.13 bits per heavy atom. The standard InChI is InChI=1S/C15H22N2O5S/c18-14(16-6-3-13-2-1-8-21-13)17-7-9-22-15(12-17)4-10-23(19,20)11-5-15/h1-2,8H,3-7,9-12H2,(H,16,18). The molecule has 3 rings (SSSR count). The number of amides is 2. The van der Waals surface area contributed by atoms with Crippen LogP contribution in [0, 0.1) is 0 Å². The van der Waals surface area contributed by atoms with Crippen molar-refractivity contribution in [3.05, 3.63) is 24.2 Å². The van der Waals surface area contributed by atoms with Crippen LogP contribution in [-0.4, -0.2) is 62.7 Å². The topological polar surface area (TPSA) is 88.8 Å². The molecule has 2 fully saturated rings. The summed E-state index contributed by atoms with van der Waals surface area (Å²) in [6.45, 7) is 1.94. The highest BCUT2D eigenvalue weighted by atomic mass is 32.2. The number of ether oxygens (including phenoxy) is 1. The summed E-state index contributed by atoms with van der Waals surface area (Å²) in [7, 11) is -2.94. The minimum absolute atomic E-state index is 0.132. The number of hydrogen-bond donors (Lipinski definition) is 1. The molecule has 0 aromatic carbocycles. The van der Waals surface area contributed by atoms with Gasteiger partial charge in [0.15, 0.2) is 9.84 Å². The third-order valence-electron chi connectivity index (χ3n) is 4.50. The molecular formula is C15H22N2O5S. The van der Waals surface area contributed by atoms with Gasteiger partial charge in [-0.3, -0.25) is 0 Å². The van der Waals surface area contributed by atoms with E-state index in [1.165, 1.54) is 0 Å². The first-order valence-electron chi connectivity index (χ1n) is 7.88. The number of sulfone groups is 1. The first-order chi connectivity index (χ1) is 11.0. The van der Waals surface area contributed by atoms with Crippen LogP contribution < -0.4 is 5.32 Å². The molecule has 8 heteroatoms. The molecule has 0 saturated carbocycles. The van der Waals surface area contributed by atoms with Gasteiger partial charge in [-0.2, -0.15) is 0 Å². The number of nitrogens with one attached hydrogen (secondary N) is 1. The van der Waals surface area contributed by atoms with Gasteiger partial charge < -0.3 is 19.4 Å². The number of hydrogen-bond acceptors (Lipinski definition) is 5. The van der Waals surface area contributed by atoms with E-state index in [2.05, 4.69) is 5.32 Å². The number of carbonyl (C=O) groups excluding carboxylic acids is 1. The third-order valence-corrected chi connectivity index (χ3v) is 6.15. The van der Waals surface area contributed by atoms with Crippen molar-refractivity contribution in [3.63, 3.8) is 0 Å². The molecule has 1 spiro atoms. The van der Waals surface area contributed by atoms with Crippen molar-refractivity contribution in [1.29, 1.82) is 0 Å². The Balaban J connectivity index is 1.50. The Morgan fingerprint density at radius 1 is 1.35 bits per heavy atom. The minimum Gasteiger partial charge on any atom is -0.469 e. The molecule has 0 atom stereocenters. The Bertz CT molecular complexity index is 627. The molecule has 1 N–H and O–H groups in total. The van der Waals surface area contributed by atoms with Crippen molar-refractivity contribution in [2.24, 2.45) is 0 Å². The molecule has 2 aliphatic rings. The van der Waals surface area contributed by atoms with Crippen LogP contribution in [0.4, 0.5) is 4.79 Å². The third kappa shape index (κ3) is 4.06. The van der Waals surface area contributed by atoms with Gasteiger partial charge in [0, 0.05) is 19.5 Å². The van der Waals surface area contributed by atoms with Gasteiger partial charge >= 0.3 is 6.03 Å². The Hall–Kier alpha value is -1.54. The molecule has 128 valence electrons. The summed E-state index contributed by atoms with van der Waals surface area (Å²) >= 11 is 0. The predicted octanol–water partition coefficient (Wildman–Crippen LogP) is 0.811. The summed E-state index contributed by atoms with van der Waals surface area (Å²) in [6, 6.07) is 3.56. The van der Waals surface area contributed by atoms with E-state index in [1.807, 2.05) is 12.1 Å². The van der Waals surface area contributed by atoms with Crippen molar-refractivity contribution in [2.75, 3.05) is 37.7 Å². The van der Waals surface area contributed by atoms with Crippen LogP contribution in [0.5, 0.6) is 0 Å². The largest absolute Gasteiger partial charge is 0.469 e. The second kappa shape index (κ2) is 6.52. The number of urea groups is 1. The Kier molecular flexibility index (Phi) is 4.63. The normalized spacial score (nSPS) is 22.9. The molecule has 2 aliphatic heterocycles. The Morgan fingerprint density at radius 3 is 2.83 bits per heavy atom. The average molecular weight is 342 g/mol. The highest BCUT2D eigenvalue weighted by molar-refractivity contribution is 7.91. The maximum Gasteiger partial charge on any atom is 0.317 e. The number of rotatable bonds is 3. The molecule has 2 amide bonds. The van der Waals surface area contributed by atoms with Crippen molar-refractivity contribution >= 4 is 15.9 Å². The number of furan rings is 1.